The Morgan fingerprint density at radius 1 is 1.50 bits per heavy atom. The van der Waals surface area contributed by atoms with Crippen LogP contribution in [0.4, 0.5) is 0 Å². The zero-order valence-corrected chi connectivity index (χ0v) is 10.6. The second-order valence-corrected chi connectivity index (χ2v) is 4.86. The summed E-state index contributed by atoms with van der Waals surface area (Å²) in [7, 11) is 2.09. The molecule has 0 aliphatic carbocycles. The summed E-state index contributed by atoms with van der Waals surface area (Å²) in [5.41, 5.74) is 0. The SMILES string of the molecule is CCCN1CCC(C)N(C)CC1CC(=O)O. The molecule has 4 nitrogen and oxygen atoms in total. The van der Waals surface area contributed by atoms with Crippen LogP contribution in [0.1, 0.15) is 33.1 Å². The molecule has 1 aliphatic heterocycles. The molecule has 0 spiro atoms. The van der Waals surface area contributed by atoms with Crippen molar-refractivity contribution >= 4 is 5.97 Å². The van der Waals surface area contributed by atoms with Gasteiger partial charge >= 0.3 is 5.97 Å². The van der Waals surface area contributed by atoms with Crippen molar-refractivity contribution in [2.75, 3.05) is 26.7 Å². The maximum absolute atomic E-state index is 10.9. The van der Waals surface area contributed by atoms with Gasteiger partial charge in [0.15, 0.2) is 0 Å². The Labute approximate surface area is 98.2 Å². The third-order valence-electron chi connectivity index (χ3n) is 3.52. The molecule has 0 bridgehead atoms. The summed E-state index contributed by atoms with van der Waals surface area (Å²) >= 11 is 0. The van der Waals surface area contributed by atoms with Crippen LogP contribution in [0.2, 0.25) is 0 Å². The average molecular weight is 228 g/mol. The maximum atomic E-state index is 10.9. The van der Waals surface area contributed by atoms with E-state index in [-0.39, 0.29) is 12.5 Å². The number of likely N-dealkylation sites (N-methyl/N-ethyl adjacent to an activating group) is 1. The van der Waals surface area contributed by atoms with E-state index in [2.05, 4.69) is 30.7 Å². The molecular formula is C12H24N2O2. The number of carbonyl (C=O) groups is 1. The van der Waals surface area contributed by atoms with E-state index in [4.69, 9.17) is 5.11 Å². The fourth-order valence-electron chi connectivity index (χ4n) is 2.36. The van der Waals surface area contributed by atoms with Crippen molar-refractivity contribution in [2.45, 2.75) is 45.2 Å². The van der Waals surface area contributed by atoms with E-state index in [0.717, 1.165) is 32.5 Å². The first kappa shape index (κ1) is 13.5. The van der Waals surface area contributed by atoms with E-state index in [0.29, 0.717) is 6.04 Å². The molecule has 1 rings (SSSR count). The van der Waals surface area contributed by atoms with Gasteiger partial charge in [-0.3, -0.25) is 9.69 Å². The number of nitrogens with zero attached hydrogens (tertiary/aromatic N) is 2. The van der Waals surface area contributed by atoms with Gasteiger partial charge in [0.2, 0.25) is 0 Å². The van der Waals surface area contributed by atoms with Gasteiger partial charge < -0.3 is 10.0 Å². The molecule has 2 unspecified atom stereocenters. The van der Waals surface area contributed by atoms with Crippen molar-refractivity contribution in [2.24, 2.45) is 0 Å². The number of carboxylic acid groups (broad SMARTS) is 1. The van der Waals surface area contributed by atoms with E-state index in [9.17, 15) is 4.79 Å². The first-order valence-electron chi connectivity index (χ1n) is 6.20. The molecule has 0 amide bonds. The molecule has 0 aromatic rings. The van der Waals surface area contributed by atoms with E-state index in [1.54, 1.807) is 0 Å². The summed E-state index contributed by atoms with van der Waals surface area (Å²) in [5.74, 6) is -0.686. The quantitative estimate of drug-likeness (QED) is 0.787. The lowest BCUT2D eigenvalue weighted by molar-refractivity contribution is -0.138. The molecule has 16 heavy (non-hydrogen) atoms. The van der Waals surface area contributed by atoms with Gasteiger partial charge in [0.05, 0.1) is 6.42 Å². The standard InChI is InChI=1S/C12H24N2O2/c1-4-6-14-7-5-10(2)13(3)9-11(14)8-12(15)16/h10-11H,4-9H2,1-3H3,(H,15,16). The first-order chi connectivity index (χ1) is 7.54. The van der Waals surface area contributed by atoms with Gasteiger partial charge in [-0.1, -0.05) is 6.92 Å². The second kappa shape index (κ2) is 6.21. The average Bonchev–Trinajstić information content (AvgIpc) is 2.32. The van der Waals surface area contributed by atoms with Gasteiger partial charge in [0.1, 0.15) is 0 Å². The van der Waals surface area contributed by atoms with Gasteiger partial charge in [0, 0.05) is 18.6 Å². The fourth-order valence-corrected chi connectivity index (χ4v) is 2.36. The monoisotopic (exact) mass is 228 g/mol. The molecule has 0 saturated carbocycles. The third-order valence-corrected chi connectivity index (χ3v) is 3.52. The van der Waals surface area contributed by atoms with E-state index in [1.807, 2.05) is 0 Å². The highest BCUT2D eigenvalue weighted by Crippen LogP contribution is 2.16. The van der Waals surface area contributed by atoms with Crippen molar-refractivity contribution in [3.8, 4) is 0 Å². The van der Waals surface area contributed by atoms with Crippen LogP contribution in [0.5, 0.6) is 0 Å². The van der Waals surface area contributed by atoms with Crippen LogP contribution in [0.25, 0.3) is 0 Å². The Bertz CT molecular complexity index is 233. The summed E-state index contributed by atoms with van der Waals surface area (Å²) in [6.45, 7) is 7.27. The van der Waals surface area contributed by atoms with E-state index >= 15 is 0 Å². The maximum Gasteiger partial charge on any atom is 0.304 e. The minimum Gasteiger partial charge on any atom is -0.481 e. The predicted molar refractivity (Wildman–Crippen MR) is 64.6 cm³/mol. The number of rotatable bonds is 4. The van der Waals surface area contributed by atoms with Crippen molar-refractivity contribution in [1.29, 1.82) is 0 Å². The van der Waals surface area contributed by atoms with Crippen molar-refractivity contribution in [1.82, 2.24) is 9.80 Å². The minimum absolute atomic E-state index is 0.174. The van der Waals surface area contributed by atoms with Crippen LogP contribution in [-0.4, -0.2) is 59.6 Å². The normalized spacial score (nSPS) is 28.9. The Morgan fingerprint density at radius 3 is 2.75 bits per heavy atom. The van der Waals surface area contributed by atoms with Gasteiger partial charge in [-0.25, -0.2) is 0 Å². The van der Waals surface area contributed by atoms with E-state index < -0.39 is 5.97 Å². The van der Waals surface area contributed by atoms with Crippen LogP contribution in [-0.2, 0) is 4.79 Å². The lowest BCUT2D eigenvalue weighted by atomic mass is 10.1. The zero-order valence-electron chi connectivity index (χ0n) is 10.6. The van der Waals surface area contributed by atoms with Gasteiger partial charge in [0.25, 0.3) is 0 Å². The molecule has 1 heterocycles. The molecular weight excluding hydrogens is 204 g/mol. The van der Waals surface area contributed by atoms with Crippen LogP contribution in [0, 0.1) is 0 Å². The molecule has 1 N–H and O–H groups in total. The molecule has 2 atom stereocenters. The Kier molecular flexibility index (Phi) is 5.22. The lowest BCUT2D eigenvalue weighted by Gasteiger charge is -2.29. The lowest BCUT2D eigenvalue weighted by Crippen LogP contribution is -2.42. The number of carboxylic acids is 1. The number of hydrogen-bond acceptors (Lipinski definition) is 3. The van der Waals surface area contributed by atoms with Crippen LogP contribution in [0.15, 0.2) is 0 Å². The molecule has 94 valence electrons. The first-order valence-corrected chi connectivity index (χ1v) is 6.20. The van der Waals surface area contributed by atoms with Gasteiger partial charge in [-0.15, -0.1) is 0 Å². The van der Waals surface area contributed by atoms with Crippen LogP contribution < -0.4 is 0 Å². The largest absolute Gasteiger partial charge is 0.481 e. The summed E-state index contributed by atoms with van der Waals surface area (Å²) in [6.07, 6.45) is 2.48. The molecule has 1 aliphatic rings. The molecule has 1 saturated heterocycles. The van der Waals surface area contributed by atoms with Crippen LogP contribution >= 0.6 is 0 Å². The molecule has 4 heteroatoms. The highest BCUT2D eigenvalue weighted by molar-refractivity contribution is 5.67. The summed E-state index contributed by atoms with van der Waals surface area (Å²) in [6, 6.07) is 0.727. The van der Waals surface area contributed by atoms with Gasteiger partial charge in [-0.05, 0) is 39.9 Å². The molecule has 0 radical (unpaired) electrons. The zero-order chi connectivity index (χ0) is 12.1. The van der Waals surface area contributed by atoms with Crippen molar-refractivity contribution in [3.05, 3.63) is 0 Å². The third kappa shape index (κ3) is 3.76. The Morgan fingerprint density at radius 2 is 2.19 bits per heavy atom. The highest BCUT2D eigenvalue weighted by atomic mass is 16.4. The van der Waals surface area contributed by atoms with Gasteiger partial charge in [-0.2, -0.15) is 0 Å². The van der Waals surface area contributed by atoms with E-state index in [1.165, 1.54) is 0 Å². The molecule has 0 aromatic heterocycles. The summed E-state index contributed by atoms with van der Waals surface area (Å²) < 4.78 is 0. The molecule has 0 aromatic carbocycles. The second-order valence-electron chi connectivity index (χ2n) is 4.86. The molecule has 1 fully saturated rings. The van der Waals surface area contributed by atoms with Crippen molar-refractivity contribution < 1.29 is 9.90 Å². The smallest absolute Gasteiger partial charge is 0.304 e. The summed E-state index contributed by atoms with van der Waals surface area (Å²) in [4.78, 5) is 15.5. The Hall–Kier alpha value is -0.610. The minimum atomic E-state index is -0.686. The number of aliphatic carboxylic acids is 1. The van der Waals surface area contributed by atoms with Crippen LogP contribution in [0.3, 0.4) is 0 Å². The Balaban J connectivity index is 2.66. The fraction of sp³-hybridized carbons (Fsp3) is 0.917. The summed E-state index contributed by atoms with van der Waals surface area (Å²) in [5, 5.41) is 8.95. The predicted octanol–water partition coefficient (Wildman–Crippen LogP) is 1.27. The highest BCUT2D eigenvalue weighted by Gasteiger charge is 2.27. The van der Waals surface area contributed by atoms with Crippen molar-refractivity contribution in [3.63, 3.8) is 0 Å². The number of hydrogen-bond donors (Lipinski definition) is 1. The topological polar surface area (TPSA) is 43.8 Å².